The minimum Gasteiger partial charge on any atom is -0.497 e. The summed E-state index contributed by atoms with van der Waals surface area (Å²) in [5.74, 6) is 0.939. The third-order valence-corrected chi connectivity index (χ3v) is 4.82. The van der Waals surface area contributed by atoms with Gasteiger partial charge in [-0.25, -0.2) is 0 Å². The molecule has 1 amide bonds. The molecule has 140 valence electrons. The lowest BCUT2D eigenvalue weighted by Gasteiger charge is -2.21. The molecule has 0 bridgehead atoms. The highest BCUT2D eigenvalue weighted by Gasteiger charge is 2.18. The molecule has 0 aliphatic heterocycles. The number of rotatable bonds is 7. The van der Waals surface area contributed by atoms with Crippen molar-refractivity contribution in [2.24, 2.45) is 0 Å². The van der Waals surface area contributed by atoms with Crippen molar-refractivity contribution in [3.8, 4) is 11.5 Å². The fourth-order valence-electron chi connectivity index (χ4n) is 2.46. The first kappa shape index (κ1) is 18.9. The van der Waals surface area contributed by atoms with Crippen molar-refractivity contribution in [3.05, 3.63) is 52.5 Å². The van der Waals surface area contributed by atoms with E-state index in [1.165, 1.54) is 11.3 Å². The first-order chi connectivity index (χ1) is 13.1. The van der Waals surface area contributed by atoms with E-state index in [1.807, 2.05) is 30.3 Å². The summed E-state index contributed by atoms with van der Waals surface area (Å²) in [5, 5.41) is 10.4. The third kappa shape index (κ3) is 4.63. The second-order valence-electron chi connectivity index (χ2n) is 5.43. The molecule has 0 fully saturated rings. The van der Waals surface area contributed by atoms with Gasteiger partial charge in [0.15, 0.2) is 3.95 Å². The van der Waals surface area contributed by atoms with Crippen molar-refractivity contribution in [1.29, 1.82) is 0 Å². The number of ether oxygens (including phenoxy) is 2. The van der Waals surface area contributed by atoms with Gasteiger partial charge in [-0.05, 0) is 36.5 Å². The summed E-state index contributed by atoms with van der Waals surface area (Å²) >= 11 is 6.43. The maximum Gasteiger partial charge on any atom is 0.244 e. The molecule has 1 aromatic heterocycles. The van der Waals surface area contributed by atoms with Crippen LogP contribution in [0.2, 0.25) is 0 Å². The van der Waals surface area contributed by atoms with Gasteiger partial charge in [-0.3, -0.25) is 9.89 Å². The number of amides is 1. The Hall–Kier alpha value is -2.91. The summed E-state index contributed by atoms with van der Waals surface area (Å²) in [6.07, 6.45) is 0. The van der Waals surface area contributed by atoms with Gasteiger partial charge in [0.2, 0.25) is 11.0 Å². The van der Waals surface area contributed by atoms with E-state index in [2.05, 4.69) is 15.5 Å². The number of carbonyl (C=O) groups excluding carboxylic acids is 1. The van der Waals surface area contributed by atoms with Gasteiger partial charge in [0.25, 0.3) is 0 Å². The van der Waals surface area contributed by atoms with Crippen LogP contribution in [-0.2, 0) is 4.79 Å². The number of benzene rings is 2. The zero-order chi connectivity index (χ0) is 19.2. The highest BCUT2D eigenvalue weighted by atomic mass is 32.1. The van der Waals surface area contributed by atoms with Crippen LogP contribution in [0.4, 0.5) is 16.5 Å². The Labute approximate surface area is 165 Å². The minimum atomic E-state index is -0.230. The summed E-state index contributed by atoms with van der Waals surface area (Å²) in [5.41, 5.74) is 1.37. The monoisotopic (exact) mass is 402 g/mol. The highest BCUT2D eigenvalue weighted by molar-refractivity contribution is 7.73. The average Bonchev–Trinajstić information content (AvgIpc) is 3.12. The van der Waals surface area contributed by atoms with Gasteiger partial charge in [0.05, 0.1) is 19.9 Å². The minimum absolute atomic E-state index is 0.0561. The topological polar surface area (TPSA) is 79.5 Å². The molecule has 0 saturated heterocycles. The number of H-pyrrole nitrogens is 1. The van der Waals surface area contributed by atoms with Gasteiger partial charge in [0.1, 0.15) is 18.0 Å². The quantitative estimate of drug-likeness (QED) is 0.582. The van der Waals surface area contributed by atoms with Crippen LogP contribution in [0.5, 0.6) is 11.5 Å². The smallest absolute Gasteiger partial charge is 0.244 e. The van der Waals surface area contributed by atoms with Crippen LogP contribution < -0.4 is 19.7 Å². The number of aromatic amines is 1. The van der Waals surface area contributed by atoms with E-state index >= 15 is 0 Å². The number of nitrogens with one attached hydrogen (secondary N) is 2. The zero-order valence-corrected chi connectivity index (χ0v) is 16.4. The molecule has 3 aromatic rings. The molecule has 7 nitrogen and oxygen atoms in total. The number of carbonyl (C=O) groups is 1. The fourth-order valence-corrected chi connectivity index (χ4v) is 3.36. The van der Waals surface area contributed by atoms with Crippen molar-refractivity contribution in [3.63, 3.8) is 0 Å². The van der Waals surface area contributed by atoms with Crippen LogP contribution in [0.3, 0.4) is 0 Å². The lowest BCUT2D eigenvalue weighted by Crippen LogP contribution is -2.29. The number of aromatic nitrogens is 2. The Morgan fingerprint density at radius 2 is 2.00 bits per heavy atom. The van der Waals surface area contributed by atoms with E-state index in [9.17, 15) is 4.79 Å². The van der Waals surface area contributed by atoms with E-state index < -0.39 is 0 Å². The normalized spacial score (nSPS) is 10.3. The standard InChI is InChI=1S/C18H18N4O3S2/c1-24-13-8-9-15(25-2)14(10-13)19-16(23)11-22(12-6-4-3-5-7-12)17-20-21-18(26)27-17/h3-10H,11H2,1-2H3,(H,19,23)(H,21,26). The third-order valence-electron chi connectivity index (χ3n) is 3.71. The molecule has 1 heterocycles. The van der Waals surface area contributed by atoms with E-state index in [0.29, 0.717) is 26.3 Å². The molecule has 2 aromatic carbocycles. The van der Waals surface area contributed by atoms with E-state index in [4.69, 9.17) is 21.7 Å². The number of anilines is 3. The Bertz CT molecular complexity index is 972. The van der Waals surface area contributed by atoms with Crippen molar-refractivity contribution >= 4 is 46.0 Å². The van der Waals surface area contributed by atoms with E-state index in [-0.39, 0.29) is 12.5 Å². The number of hydrogen-bond acceptors (Lipinski definition) is 7. The summed E-state index contributed by atoms with van der Waals surface area (Å²) < 4.78 is 11.1. The largest absolute Gasteiger partial charge is 0.497 e. The molecule has 0 spiro atoms. The Kier molecular flexibility index (Phi) is 6.05. The van der Waals surface area contributed by atoms with E-state index in [1.54, 1.807) is 37.3 Å². The number of methoxy groups -OCH3 is 2. The molecule has 9 heteroatoms. The lowest BCUT2D eigenvalue weighted by molar-refractivity contribution is -0.114. The van der Waals surface area contributed by atoms with Gasteiger partial charge in [-0.2, -0.15) is 0 Å². The molecular weight excluding hydrogens is 384 g/mol. The number of para-hydroxylation sites is 1. The predicted molar refractivity (Wildman–Crippen MR) is 109 cm³/mol. The summed E-state index contributed by atoms with van der Waals surface area (Å²) in [4.78, 5) is 14.5. The van der Waals surface area contributed by atoms with Crippen LogP contribution in [0, 0.1) is 3.95 Å². The summed E-state index contributed by atoms with van der Waals surface area (Å²) in [7, 11) is 3.11. The molecule has 0 atom stereocenters. The molecule has 0 saturated carbocycles. The first-order valence-corrected chi connectivity index (χ1v) is 9.23. The van der Waals surface area contributed by atoms with Gasteiger partial charge >= 0.3 is 0 Å². The average molecular weight is 403 g/mol. The lowest BCUT2D eigenvalue weighted by atomic mass is 10.2. The summed E-state index contributed by atoms with van der Waals surface area (Å²) in [6, 6.07) is 14.7. The molecule has 27 heavy (non-hydrogen) atoms. The fraction of sp³-hybridized carbons (Fsp3) is 0.167. The second kappa shape index (κ2) is 8.65. The van der Waals surface area contributed by atoms with Gasteiger partial charge in [0, 0.05) is 11.8 Å². The Morgan fingerprint density at radius 3 is 2.63 bits per heavy atom. The maximum absolute atomic E-state index is 12.7. The van der Waals surface area contributed by atoms with Crippen molar-refractivity contribution < 1.29 is 14.3 Å². The zero-order valence-electron chi connectivity index (χ0n) is 14.8. The first-order valence-electron chi connectivity index (χ1n) is 8.00. The number of nitrogens with zero attached hydrogens (tertiary/aromatic N) is 2. The molecule has 0 aliphatic rings. The van der Waals surface area contributed by atoms with Gasteiger partial charge in [-0.15, -0.1) is 5.10 Å². The van der Waals surface area contributed by atoms with Crippen LogP contribution in [0.25, 0.3) is 0 Å². The summed E-state index contributed by atoms with van der Waals surface area (Å²) in [6.45, 7) is 0.0561. The molecule has 0 unspecified atom stereocenters. The van der Waals surface area contributed by atoms with Gasteiger partial charge < -0.3 is 19.7 Å². The molecule has 2 N–H and O–H groups in total. The molecular formula is C18H18N4O3S2. The van der Waals surface area contributed by atoms with Crippen molar-refractivity contribution in [2.45, 2.75) is 0 Å². The molecule has 0 radical (unpaired) electrons. The van der Waals surface area contributed by atoms with Gasteiger partial charge in [-0.1, -0.05) is 29.5 Å². The highest BCUT2D eigenvalue weighted by Crippen LogP contribution is 2.30. The SMILES string of the molecule is COc1ccc(OC)c(NC(=O)CN(c2ccccc2)c2n[nH]c(=S)s2)c1. The van der Waals surface area contributed by atoms with Crippen LogP contribution >= 0.6 is 23.6 Å². The Balaban J connectivity index is 1.84. The van der Waals surface area contributed by atoms with Crippen molar-refractivity contribution in [1.82, 2.24) is 10.2 Å². The molecule has 3 rings (SSSR count). The maximum atomic E-state index is 12.7. The van der Waals surface area contributed by atoms with Crippen LogP contribution in [0.15, 0.2) is 48.5 Å². The molecule has 0 aliphatic carbocycles. The Morgan fingerprint density at radius 1 is 1.22 bits per heavy atom. The van der Waals surface area contributed by atoms with Crippen LogP contribution in [0.1, 0.15) is 0 Å². The second-order valence-corrected chi connectivity index (χ2v) is 7.08. The van der Waals surface area contributed by atoms with Crippen LogP contribution in [-0.4, -0.2) is 36.9 Å². The predicted octanol–water partition coefficient (Wildman–Crippen LogP) is 3.99. The number of hydrogen-bond donors (Lipinski definition) is 2. The van der Waals surface area contributed by atoms with E-state index in [0.717, 1.165) is 5.69 Å². The van der Waals surface area contributed by atoms with Crippen molar-refractivity contribution in [2.75, 3.05) is 31.0 Å².